The molecule has 0 aliphatic heterocycles. The highest BCUT2D eigenvalue weighted by atomic mass is 15.4. The zero-order chi connectivity index (χ0) is 16.8. The van der Waals surface area contributed by atoms with Crippen molar-refractivity contribution in [3.05, 3.63) is 83.9 Å². The summed E-state index contributed by atoms with van der Waals surface area (Å²) >= 11 is 0. The summed E-state index contributed by atoms with van der Waals surface area (Å²) in [5.74, 6) is 0.972. The predicted octanol–water partition coefficient (Wildman–Crippen LogP) is 3.62. The lowest BCUT2D eigenvalue weighted by Gasteiger charge is -2.11. The average Bonchev–Trinajstić information content (AvgIpc) is 3.07. The third kappa shape index (κ3) is 4.10. The lowest BCUT2D eigenvalue weighted by Crippen LogP contribution is -2.08. The molecular weight excluding hydrogens is 296 g/mol. The van der Waals surface area contributed by atoms with Crippen LogP contribution in [0.1, 0.15) is 17.0 Å². The van der Waals surface area contributed by atoms with Crippen LogP contribution in [0.25, 0.3) is 0 Å². The summed E-state index contributed by atoms with van der Waals surface area (Å²) in [4.78, 5) is 6.51. The Morgan fingerprint density at radius 3 is 2.46 bits per heavy atom. The molecule has 0 atom stereocenters. The van der Waals surface area contributed by atoms with Crippen molar-refractivity contribution < 1.29 is 0 Å². The third-order valence-corrected chi connectivity index (χ3v) is 3.92. The van der Waals surface area contributed by atoms with Gasteiger partial charge in [0.05, 0.1) is 6.21 Å². The first-order valence-corrected chi connectivity index (χ1v) is 8.10. The number of benzene rings is 2. The Morgan fingerprint density at radius 1 is 1.00 bits per heavy atom. The predicted molar refractivity (Wildman–Crippen MR) is 99.8 cm³/mol. The van der Waals surface area contributed by atoms with Crippen LogP contribution in [-0.2, 0) is 12.8 Å². The number of nitrogens with zero attached hydrogens (tertiary/aromatic N) is 4. The molecule has 0 radical (unpaired) electrons. The Balaban J connectivity index is 1.66. The molecule has 0 aliphatic rings. The largest absolute Gasteiger partial charge is 0.378 e. The maximum atomic E-state index is 4.54. The van der Waals surface area contributed by atoms with E-state index in [1.807, 2.05) is 37.2 Å². The molecule has 0 saturated heterocycles. The van der Waals surface area contributed by atoms with E-state index in [9.17, 15) is 0 Å². The molecule has 1 aromatic heterocycles. The van der Waals surface area contributed by atoms with Crippen LogP contribution in [0.4, 0.5) is 5.69 Å². The molecule has 4 nitrogen and oxygen atoms in total. The maximum Gasteiger partial charge on any atom is 0.130 e. The average molecular weight is 318 g/mol. The quantitative estimate of drug-likeness (QED) is 0.651. The van der Waals surface area contributed by atoms with Crippen LogP contribution in [0.5, 0.6) is 0 Å². The molecule has 1 heterocycles. The minimum absolute atomic E-state index is 0.869. The molecule has 3 aromatic rings. The second-order valence-corrected chi connectivity index (χ2v) is 5.90. The highest BCUT2D eigenvalue weighted by molar-refractivity contribution is 5.80. The van der Waals surface area contributed by atoms with Gasteiger partial charge in [-0.3, -0.25) is 0 Å². The highest BCUT2D eigenvalue weighted by Gasteiger charge is 2.02. The van der Waals surface area contributed by atoms with Gasteiger partial charge in [0, 0.05) is 38.6 Å². The molecule has 0 bridgehead atoms. The van der Waals surface area contributed by atoms with Crippen molar-refractivity contribution in [1.82, 2.24) is 9.66 Å². The molecule has 4 heteroatoms. The smallest absolute Gasteiger partial charge is 0.130 e. The van der Waals surface area contributed by atoms with E-state index in [1.54, 1.807) is 6.20 Å². The number of hydrogen-bond acceptors (Lipinski definition) is 3. The fourth-order valence-corrected chi connectivity index (χ4v) is 2.50. The van der Waals surface area contributed by atoms with Gasteiger partial charge in [-0.1, -0.05) is 42.5 Å². The molecule has 0 unspecified atom stereocenters. The number of anilines is 1. The van der Waals surface area contributed by atoms with E-state index in [2.05, 4.69) is 63.5 Å². The van der Waals surface area contributed by atoms with Crippen molar-refractivity contribution in [2.24, 2.45) is 5.10 Å². The van der Waals surface area contributed by atoms with Gasteiger partial charge in [0.2, 0.25) is 0 Å². The van der Waals surface area contributed by atoms with Gasteiger partial charge >= 0.3 is 0 Å². The van der Waals surface area contributed by atoms with Crippen molar-refractivity contribution in [2.45, 2.75) is 12.8 Å². The topological polar surface area (TPSA) is 33.4 Å². The minimum Gasteiger partial charge on any atom is -0.378 e. The van der Waals surface area contributed by atoms with E-state index in [0.29, 0.717) is 0 Å². The first-order valence-electron chi connectivity index (χ1n) is 8.10. The van der Waals surface area contributed by atoms with Crippen LogP contribution < -0.4 is 4.90 Å². The van der Waals surface area contributed by atoms with Crippen LogP contribution in [0.3, 0.4) is 0 Å². The molecule has 122 valence electrons. The van der Waals surface area contributed by atoms with Gasteiger partial charge < -0.3 is 4.90 Å². The van der Waals surface area contributed by atoms with Gasteiger partial charge in [-0.25, -0.2) is 9.66 Å². The Hall–Kier alpha value is -2.88. The molecule has 24 heavy (non-hydrogen) atoms. The summed E-state index contributed by atoms with van der Waals surface area (Å²) in [6.07, 6.45) is 7.39. The Bertz CT molecular complexity index is 786. The summed E-state index contributed by atoms with van der Waals surface area (Å²) in [7, 11) is 4.07. The van der Waals surface area contributed by atoms with Crippen LogP contribution >= 0.6 is 0 Å². The van der Waals surface area contributed by atoms with Crippen LogP contribution in [0, 0.1) is 0 Å². The number of aromatic nitrogens is 2. The Labute approximate surface area is 143 Å². The molecule has 0 aliphatic carbocycles. The van der Waals surface area contributed by atoms with Gasteiger partial charge in [0.1, 0.15) is 5.82 Å². The fourth-order valence-electron chi connectivity index (χ4n) is 2.50. The number of rotatable bonds is 6. The summed E-state index contributed by atoms with van der Waals surface area (Å²) < 4.78 is 1.85. The number of imidazole rings is 1. The second kappa shape index (κ2) is 7.59. The molecule has 0 fully saturated rings. The second-order valence-electron chi connectivity index (χ2n) is 5.90. The summed E-state index contributed by atoms with van der Waals surface area (Å²) in [5.41, 5.74) is 3.57. The van der Waals surface area contributed by atoms with Gasteiger partial charge in [-0.2, -0.15) is 5.10 Å². The lowest BCUT2D eigenvalue weighted by atomic mass is 10.1. The normalized spacial score (nSPS) is 11.1. The standard InChI is InChI=1S/C20H22N4/c1-23(2)19-11-8-18(9-12-19)16-22-24-15-14-21-20(24)13-10-17-6-4-3-5-7-17/h3-9,11-12,14-16H,10,13H2,1-2H3. The zero-order valence-corrected chi connectivity index (χ0v) is 14.1. The summed E-state index contributed by atoms with van der Waals surface area (Å²) in [6.45, 7) is 0. The molecule has 0 saturated carbocycles. The van der Waals surface area contributed by atoms with Crippen molar-refractivity contribution in [2.75, 3.05) is 19.0 Å². The van der Waals surface area contributed by atoms with Crippen LogP contribution in [-0.4, -0.2) is 30.0 Å². The van der Waals surface area contributed by atoms with Crippen molar-refractivity contribution in [1.29, 1.82) is 0 Å². The van der Waals surface area contributed by atoms with Gasteiger partial charge in [0.15, 0.2) is 0 Å². The van der Waals surface area contributed by atoms with E-state index in [-0.39, 0.29) is 0 Å². The first kappa shape index (κ1) is 16.0. The summed E-state index contributed by atoms with van der Waals surface area (Å²) in [6, 6.07) is 18.8. The van der Waals surface area contributed by atoms with Crippen molar-refractivity contribution in [3.8, 4) is 0 Å². The SMILES string of the molecule is CN(C)c1ccc(C=Nn2ccnc2CCc2ccccc2)cc1. The molecule has 2 aromatic carbocycles. The van der Waals surface area contributed by atoms with E-state index < -0.39 is 0 Å². The van der Waals surface area contributed by atoms with E-state index >= 15 is 0 Å². The third-order valence-electron chi connectivity index (χ3n) is 3.92. The van der Waals surface area contributed by atoms with Gasteiger partial charge in [-0.05, 0) is 29.7 Å². The Kier molecular flexibility index (Phi) is 5.06. The summed E-state index contributed by atoms with van der Waals surface area (Å²) in [5, 5.41) is 4.54. The number of aryl methyl sites for hydroxylation is 2. The van der Waals surface area contributed by atoms with E-state index in [4.69, 9.17) is 0 Å². The van der Waals surface area contributed by atoms with Gasteiger partial charge in [-0.15, -0.1) is 0 Å². The van der Waals surface area contributed by atoms with Crippen molar-refractivity contribution >= 4 is 11.9 Å². The van der Waals surface area contributed by atoms with E-state index in [0.717, 1.165) is 24.2 Å². The van der Waals surface area contributed by atoms with Crippen LogP contribution in [0.2, 0.25) is 0 Å². The van der Waals surface area contributed by atoms with E-state index in [1.165, 1.54) is 11.3 Å². The molecule has 0 N–H and O–H groups in total. The zero-order valence-electron chi connectivity index (χ0n) is 14.1. The van der Waals surface area contributed by atoms with Crippen molar-refractivity contribution in [3.63, 3.8) is 0 Å². The molecular formula is C20H22N4. The Morgan fingerprint density at radius 2 is 1.75 bits per heavy atom. The highest BCUT2D eigenvalue weighted by Crippen LogP contribution is 2.11. The first-order chi connectivity index (χ1) is 11.7. The minimum atomic E-state index is 0.869. The van der Waals surface area contributed by atoms with Gasteiger partial charge in [0.25, 0.3) is 0 Å². The monoisotopic (exact) mass is 318 g/mol. The van der Waals surface area contributed by atoms with Crippen LogP contribution in [0.15, 0.2) is 72.1 Å². The molecule has 0 amide bonds. The lowest BCUT2D eigenvalue weighted by molar-refractivity contribution is 0.756. The maximum absolute atomic E-state index is 4.54. The molecule has 0 spiro atoms. The number of hydrogen-bond donors (Lipinski definition) is 0. The fraction of sp³-hybridized carbons (Fsp3) is 0.200. The molecule has 3 rings (SSSR count).